The van der Waals surface area contributed by atoms with Crippen LogP contribution in [-0.4, -0.2) is 29.7 Å². The zero-order chi connectivity index (χ0) is 11.0. The van der Waals surface area contributed by atoms with Crippen molar-refractivity contribution in [3.63, 3.8) is 0 Å². The zero-order valence-corrected chi connectivity index (χ0v) is 9.83. The minimum absolute atomic E-state index is 0.0526. The van der Waals surface area contributed by atoms with Crippen LogP contribution >= 0.6 is 0 Å². The molecule has 2 atom stereocenters. The molecule has 3 nitrogen and oxygen atoms in total. The van der Waals surface area contributed by atoms with E-state index in [1.807, 2.05) is 20.8 Å². The highest BCUT2D eigenvalue weighted by Crippen LogP contribution is 2.36. The topological polar surface area (TPSA) is 38.7 Å². The van der Waals surface area contributed by atoms with Crippen molar-refractivity contribution in [1.29, 1.82) is 0 Å². The Bertz CT molecular complexity index is 193. The van der Waals surface area contributed by atoms with E-state index in [1.54, 1.807) is 0 Å². The Morgan fingerprint density at radius 2 is 1.86 bits per heavy atom. The van der Waals surface area contributed by atoms with Crippen LogP contribution in [0.3, 0.4) is 0 Å². The van der Waals surface area contributed by atoms with E-state index in [2.05, 4.69) is 13.8 Å². The molecule has 0 aromatic rings. The summed E-state index contributed by atoms with van der Waals surface area (Å²) in [5.41, 5.74) is -0.707. The minimum Gasteiger partial charge on any atom is -0.390 e. The summed E-state index contributed by atoms with van der Waals surface area (Å²) in [5, 5.41) is 9.78. The Morgan fingerprint density at radius 3 is 2.21 bits per heavy atom. The summed E-state index contributed by atoms with van der Waals surface area (Å²) in [7, 11) is 0. The minimum atomic E-state index is -0.654. The highest BCUT2D eigenvalue weighted by molar-refractivity contribution is 4.87. The molecule has 3 heteroatoms. The van der Waals surface area contributed by atoms with E-state index in [0.29, 0.717) is 13.0 Å². The van der Waals surface area contributed by atoms with E-state index in [9.17, 15) is 5.11 Å². The second kappa shape index (κ2) is 3.80. The highest BCUT2D eigenvalue weighted by atomic mass is 16.7. The van der Waals surface area contributed by atoms with Gasteiger partial charge in [-0.1, -0.05) is 13.8 Å². The van der Waals surface area contributed by atoms with Gasteiger partial charge in [-0.15, -0.1) is 0 Å². The lowest BCUT2D eigenvalue weighted by Gasteiger charge is -2.35. The van der Waals surface area contributed by atoms with Crippen LogP contribution in [0.2, 0.25) is 0 Å². The quantitative estimate of drug-likeness (QED) is 0.760. The molecule has 0 spiro atoms. The van der Waals surface area contributed by atoms with Gasteiger partial charge in [0.2, 0.25) is 0 Å². The predicted molar refractivity (Wildman–Crippen MR) is 55.0 cm³/mol. The van der Waals surface area contributed by atoms with Crippen LogP contribution in [-0.2, 0) is 9.47 Å². The molecule has 1 N–H and O–H groups in total. The van der Waals surface area contributed by atoms with E-state index in [-0.39, 0.29) is 17.8 Å². The molecular weight excluding hydrogens is 180 g/mol. The normalized spacial score (nSPS) is 29.6. The van der Waals surface area contributed by atoms with Crippen LogP contribution in [0.4, 0.5) is 0 Å². The van der Waals surface area contributed by atoms with E-state index in [4.69, 9.17) is 9.47 Å². The molecular formula is C11H22O3. The van der Waals surface area contributed by atoms with Crippen molar-refractivity contribution in [2.24, 2.45) is 5.41 Å². The fraction of sp³-hybridized carbons (Fsp3) is 1.00. The fourth-order valence-corrected chi connectivity index (χ4v) is 2.17. The second-order valence-corrected chi connectivity index (χ2v) is 5.50. The van der Waals surface area contributed by atoms with Gasteiger partial charge in [0, 0.05) is 0 Å². The molecule has 0 aromatic heterocycles. The average Bonchev–Trinajstić information content (AvgIpc) is 2.29. The maximum Gasteiger partial charge on any atom is 0.155 e. The Kier molecular flexibility index (Phi) is 3.24. The maximum absolute atomic E-state index is 9.78. The summed E-state index contributed by atoms with van der Waals surface area (Å²) in [6.07, 6.45) is 0.686. The molecule has 1 fully saturated rings. The van der Waals surface area contributed by atoms with Gasteiger partial charge in [0.1, 0.15) is 0 Å². The lowest BCUT2D eigenvalue weighted by Crippen LogP contribution is -2.38. The molecule has 0 radical (unpaired) electrons. The summed E-state index contributed by atoms with van der Waals surface area (Å²) < 4.78 is 11.0. The summed E-state index contributed by atoms with van der Waals surface area (Å²) in [6.45, 7) is 10.4. The van der Waals surface area contributed by atoms with Crippen molar-refractivity contribution in [1.82, 2.24) is 0 Å². The molecule has 0 aliphatic carbocycles. The van der Waals surface area contributed by atoms with Crippen molar-refractivity contribution >= 4 is 0 Å². The molecule has 1 saturated heterocycles. The third kappa shape index (κ3) is 3.23. The van der Waals surface area contributed by atoms with Gasteiger partial charge in [-0.25, -0.2) is 0 Å². The van der Waals surface area contributed by atoms with Crippen molar-refractivity contribution in [3.05, 3.63) is 0 Å². The van der Waals surface area contributed by atoms with Gasteiger partial charge in [-0.2, -0.15) is 0 Å². The molecule has 0 saturated carbocycles. The molecule has 1 heterocycles. The molecule has 14 heavy (non-hydrogen) atoms. The van der Waals surface area contributed by atoms with Crippen molar-refractivity contribution in [2.45, 2.75) is 59.0 Å². The molecule has 0 aromatic carbocycles. The van der Waals surface area contributed by atoms with Crippen LogP contribution in [0.1, 0.15) is 41.0 Å². The molecule has 84 valence electrons. The zero-order valence-electron chi connectivity index (χ0n) is 9.83. The van der Waals surface area contributed by atoms with Crippen LogP contribution in [0, 0.1) is 5.41 Å². The van der Waals surface area contributed by atoms with Crippen molar-refractivity contribution in [2.75, 3.05) is 6.61 Å². The summed E-state index contributed by atoms with van der Waals surface area (Å²) in [6, 6.07) is 0. The molecule has 0 amide bonds. The number of hydrogen-bond acceptors (Lipinski definition) is 3. The first-order valence-electron chi connectivity index (χ1n) is 5.20. The Labute approximate surface area is 86.4 Å². The molecule has 1 rings (SSSR count). The monoisotopic (exact) mass is 202 g/mol. The van der Waals surface area contributed by atoms with E-state index in [0.717, 1.165) is 0 Å². The smallest absolute Gasteiger partial charge is 0.155 e. The highest BCUT2D eigenvalue weighted by Gasteiger charge is 2.39. The third-order valence-corrected chi connectivity index (χ3v) is 2.60. The van der Waals surface area contributed by atoms with Crippen LogP contribution in [0.5, 0.6) is 0 Å². The number of ether oxygens (including phenoxy) is 2. The van der Waals surface area contributed by atoms with Gasteiger partial charge in [0.15, 0.2) is 6.29 Å². The first-order valence-corrected chi connectivity index (χ1v) is 5.20. The molecule has 0 bridgehead atoms. The summed E-state index contributed by atoms with van der Waals surface area (Å²) >= 11 is 0. The molecule has 1 aliphatic rings. The van der Waals surface area contributed by atoms with E-state index >= 15 is 0 Å². The van der Waals surface area contributed by atoms with Gasteiger partial charge >= 0.3 is 0 Å². The van der Waals surface area contributed by atoms with Gasteiger partial charge in [0.05, 0.1) is 18.3 Å². The van der Waals surface area contributed by atoms with Gasteiger partial charge in [-0.3, -0.25) is 0 Å². The summed E-state index contributed by atoms with van der Waals surface area (Å²) in [5.74, 6) is 0. The maximum atomic E-state index is 9.78. The number of rotatable bonds is 3. The molecule has 1 aliphatic heterocycles. The van der Waals surface area contributed by atoms with Crippen molar-refractivity contribution < 1.29 is 14.6 Å². The lowest BCUT2D eigenvalue weighted by molar-refractivity contribution is -0.0811. The largest absolute Gasteiger partial charge is 0.390 e. The van der Waals surface area contributed by atoms with E-state index < -0.39 is 5.60 Å². The SMILES string of the molecule is CC1OCC(C(C)(C)CC(C)(C)O)O1. The van der Waals surface area contributed by atoms with Crippen LogP contribution < -0.4 is 0 Å². The third-order valence-electron chi connectivity index (χ3n) is 2.60. The predicted octanol–water partition coefficient (Wildman–Crippen LogP) is 1.94. The van der Waals surface area contributed by atoms with Gasteiger partial charge in [0.25, 0.3) is 0 Å². The first kappa shape index (κ1) is 12.0. The Hall–Kier alpha value is -0.120. The van der Waals surface area contributed by atoms with Crippen LogP contribution in [0.25, 0.3) is 0 Å². The number of hydrogen-bond donors (Lipinski definition) is 1. The average molecular weight is 202 g/mol. The summed E-state index contributed by atoms with van der Waals surface area (Å²) in [4.78, 5) is 0. The lowest BCUT2D eigenvalue weighted by atomic mass is 9.77. The van der Waals surface area contributed by atoms with Crippen LogP contribution in [0.15, 0.2) is 0 Å². The van der Waals surface area contributed by atoms with E-state index in [1.165, 1.54) is 0 Å². The second-order valence-electron chi connectivity index (χ2n) is 5.50. The molecule has 2 unspecified atom stereocenters. The Morgan fingerprint density at radius 1 is 1.29 bits per heavy atom. The Balaban J connectivity index is 2.56. The first-order chi connectivity index (χ1) is 6.21. The van der Waals surface area contributed by atoms with Gasteiger partial charge < -0.3 is 14.6 Å². The number of aliphatic hydroxyl groups is 1. The fourth-order valence-electron chi connectivity index (χ4n) is 2.17. The standard InChI is InChI=1S/C11H22O3/c1-8-13-6-9(14-8)10(2,3)7-11(4,5)12/h8-9,12H,6-7H2,1-5H3. The van der Waals surface area contributed by atoms with Crippen molar-refractivity contribution in [3.8, 4) is 0 Å². The van der Waals surface area contributed by atoms with Gasteiger partial charge in [-0.05, 0) is 32.6 Å².